The predicted octanol–water partition coefficient (Wildman–Crippen LogP) is 6.91. The van der Waals surface area contributed by atoms with Crippen molar-refractivity contribution in [2.45, 2.75) is 32.6 Å². The highest BCUT2D eigenvalue weighted by molar-refractivity contribution is 7.12. The van der Waals surface area contributed by atoms with Crippen molar-refractivity contribution in [3.05, 3.63) is 92.6 Å². The van der Waals surface area contributed by atoms with E-state index >= 15 is 0 Å². The number of carboxylic acid groups (broad SMARTS) is 1. The summed E-state index contributed by atoms with van der Waals surface area (Å²) < 4.78 is 5.62. The van der Waals surface area contributed by atoms with Gasteiger partial charge in [-0.3, -0.25) is 4.79 Å². The second kappa shape index (κ2) is 13.2. The molecule has 6 nitrogen and oxygen atoms in total. The average Bonchev–Trinajstić information content (AvgIpc) is 3.62. The lowest BCUT2D eigenvalue weighted by Gasteiger charge is -2.09. The summed E-state index contributed by atoms with van der Waals surface area (Å²) >= 11 is 1.72. The Hall–Kier alpha value is -3.68. The number of aliphatic carboxylic acids is 1. The van der Waals surface area contributed by atoms with E-state index in [-0.39, 0.29) is 6.42 Å². The number of benzene rings is 1. The highest BCUT2D eigenvalue weighted by atomic mass is 32.1. The number of aromatic nitrogens is 1. The molecule has 0 radical (unpaired) electrons. The van der Waals surface area contributed by atoms with Gasteiger partial charge in [0.2, 0.25) is 0 Å². The number of H-pyrrole nitrogens is 1. The van der Waals surface area contributed by atoms with Gasteiger partial charge in [0.05, 0.1) is 22.9 Å². The van der Waals surface area contributed by atoms with E-state index in [9.17, 15) is 4.79 Å². The van der Waals surface area contributed by atoms with Gasteiger partial charge in [0, 0.05) is 17.8 Å². The molecular formula is C31H35N3O3S. The van der Waals surface area contributed by atoms with E-state index < -0.39 is 5.97 Å². The normalized spacial score (nSPS) is 14.5. The highest BCUT2D eigenvalue weighted by Crippen LogP contribution is 2.30. The number of carbonyl (C=O) groups is 1. The maximum absolute atomic E-state index is 10.6. The van der Waals surface area contributed by atoms with Gasteiger partial charge in [0.15, 0.2) is 0 Å². The Labute approximate surface area is 228 Å². The zero-order valence-corrected chi connectivity index (χ0v) is 23.1. The van der Waals surface area contributed by atoms with E-state index in [0.717, 1.165) is 53.5 Å². The molecule has 0 fully saturated rings. The highest BCUT2D eigenvalue weighted by Gasteiger charge is 2.17. The number of carboxylic acids is 1. The van der Waals surface area contributed by atoms with Crippen molar-refractivity contribution in [1.82, 2.24) is 9.88 Å². The number of hydrogen-bond acceptors (Lipinski definition) is 5. The molecule has 2 aromatic heterocycles. The maximum atomic E-state index is 10.6. The average molecular weight is 530 g/mol. The first kappa shape index (κ1) is 27.4. The fourth-order valence-corrected chi connectivity index (χ4v) is 4.87. The van der Waals surface area contributed by atoms with E-state index in [0.29, 0.717) is 13.0 Å². The largest absolute Gasteiger partial charge is 0.494 e. The number of aliphatic imine (C=N–C) groups is 1. The van der Waals surface area contributed by atoms with Crippen LogP contribution in [0.4, 0.5) is 0 Å². The lowest BCUT2D eigenvalue weighted by Crippen LogP contribution is -2.12. The molecule has 0 spiro atoms. The molecule has 0 saturated heterocycles. The van der Waals surface area contributed by atoms with Gasteiger partial charge >= 0.3 is 5.97 Å². The van der Waals surface area contributed by atoms with E-state index in [1.54, 1.807) is 11.3 Å². The summed E-state index contributed by atoms with van der Waals surface area (Å²) in [5.74, 6) is -0.0605. The third-order valence-corrected chi connectivity index (χ3v) is 7.09. The number of hydrogen-bond donors (Lipinski definition) is 2. The van der Waals surface area contributed by atoms with Gasteiger partial charge in [0.1, 0.15) is 5.75 Å². The first-order valence-electron chi connectivity index (χ1n) is 12.9. The molecule has 3 aromatic rings. The van der Waals surface area contributed by atoms with E-state index in [1.807, 2.05) is 24.3 Å². The van der Waals surface area contributed by atoms with Crippen LogP contribution < -0.4 is 4.74 Å². The molecule has 0 aliphatic carbocycles. The quantitative estimate of drug-likeness (QED) is 0.236. The molecule has 3 heterocycles. The van der Waals surface area contributed by atoms with Crippen molar-refractivity contribution < 1.29 is 14.6 Å². The number of nitrogens with one attached hydrogen (secondary N) is 1. The van der Waals surface area contributed by atoms with Crippen LogP contribution in [-0.2, 0) is 4.79 Å². The van der Waals surface area contributed by atoms with Crippen LogP contribution in [0.3, 0.4) is 0 Å². The number of aromatic amines is 1. The molecule has 0 amide bonds. The monoisotopic (exact) mass is 529 g/mol. The van der Waals surface area contributed by atoms with Gasteiger partial charge in [-0.25, -0.2) is 4.99 Å². The molecule has 1 aliphatic rings. The van der Waals surface area contributed by atoms with Gasteiger partial charge in [-0.2, -0.15) is 0 Å². The minimum Gasteiger partial charge on any atom is -0.494 e. The van der Waals surface area contributed by atoms with Gasteiger partial charge in [-0.15, -0.1) is 11.3 Å². The second-order valence-corrected chi connectivity index (χ2v) is 10.6. The molecule has 2 N–H and O–H groups in total. The molecule has 0 unspecified atom stereocenters. The topological polar surface area (TPSA) is 77.9 Å². The van der Waals surface area contributed by atoms with E-state index in [2.05, 4.69) is 78.8 Å². The molecule has 38 heavy (non-hydrogen) atoms. The third-order valence-electron chi connectivity index (χ3n) is 6.20. The van der Waals surface area contributed by atoms with Crippen molar-refractivity contribution >= 4 is 41.2 Å². The molecule has 0 atom stereocenters. The predicted molar refractivity (Wildman–Crippen MR) is 158 cm³/mol. The number of rotatable bonds is 13. The van der Waals surface area contributed by atoms with Crippen molar-refractivity contribution in [3.8, 4) is 5.75 Å². The summed E-state index contributed by atoms with van der Waals surface area (Å²) in [7, 11) is 4.22. The first-order valence-corrected chi connectivity index (χ1v) is 13.8. The Kier molecular flexibility index (Phi) is 9.51. The Balaban J connectivity index is 1.44. The van der Waals surface area contributed by atoms with Crippen molar-refractivity contribution in [1.29, 1.82) is 0 Å². The van der Waals surface area contributed by atoms with Crippen molar-refractivity contribution in [2.75, 3.05) is 27.2 Å². The minimum absolute atomic E-state index is 0.116. The lowest BCUT2D eigenvalue weighted by atomic mass is 10.1. The van der Waals surface area contributed by atoms with Crippen LogP contribution in [0.2, 0.25) is 0 Å². The number of thiophene rings is 1. The van der Waals surface area contributed by atoms with Gasteiger partial charge in [0.25, 0.3) is 0 Å². The molecule has 0 saturated carbocycles. The van der Waals surface area contributed by atoms with Gasteiger partial charge in [-0.1, -0.05) is 24.3 Å². The molecule has 4 rings (SSSR count). The Morgan fingerprint density at radius 2 is 1.97 bits per heavy atom. The van der Waals surface area contributed by atoms with E-state index in [1.165, 1.54) is 16.0 Å². The summed E-state index contributed by atoms with van der Waals surface area (Å²) in [6, 6.07) is 14.1. The van der Waals surface area contributed by atoms with Crippen LogP contribution in [0, 0.1) is 6.92 Å². The molecule has 0 bridgehead atoms. The van der Waals surface area contributed by atoms with Crippen LogP contribution in [0.25, 0.3) is 18.2 Å². The lowest BCUT2D eigenvalue weighted by molar-refractivity contribution is -0.137. The first-order chi connectivity index (χ1) is 18.4. The van der Waals surface area contributed by atoms with Crippen LogP contribution in [0.1, 0.15) is 53.1 Å². The SMILES string of the molecule is Cc1cc(/C=C/c2ccc(OCCCC(=O)O)cc2)[nH]c1C=C1N=C(c2cccs2)C=C1CCCN(C)C. The van der Waals surface area contributed by atoms with Crippen molar-refractivity contribution in [2.24, 2.45) is 4.99 Å². The molecule has 1 aromatic carbocycles. The Morgan fingerprint density at radius 3 is 2.68 bits per heavy atom. The number of allylic oxidation sites excluding steroid dienone is 2. The fraction of sp³-hybridized carbons (Fsp3) is 0.290. The summed E-state index contributed by atoms with van der Waals surface area (Å²) in [5, 5.41) is 10.8. The molecular weight excluding hydrogens is 494 g/mol. The Bertz CT molecular complexity index is 1340. The second-order valence-electron chi connectivity index (χ2n) is 9.65. The fourth-order valence-electron chi connectivity index (χ4n) is 4.19. The summed E-state index contributed by atoms with van der Waals surface area (Å²) in [5.41, 5.74) is 7.70. The van der Waals surface area contributed by atoms with Crippen LogP contribution in [-0.4, -0.2) is 53.9 Å². The zero-order valence-electron chi connectivity index (χ0n) is 22.2. The summed E-state index contributed by atoms with van der Waals surface area (Å²) in [4.78, 5) is 22.6. The Morgan fingerprint density at radius 1 is 1.16 bits per heavy atom. The van der Waals surface area contributed by atoms with Gasteiger partial charge < -0.3 is 19.7 Å². The maximum Gasteiger partial charge on any atom is 0.303 e. The number of ether oxygens (including phenoxy) is 1. The zero-order chi connectivity index (χ0) is 26.9. The third kappa shape index (κ3) is 7.91. The van der Waals surface area contributed by atoms with Crippen LogP contribution in [0.5, 0.6) is 5.75 Å². The molecule has 1 aliphatic heterocycles. The van der Waals surface area contributed by atoms with Gasteiger partial charge in [-0.05, 0) is 111 Å². The number of aryl methyl sites for hydroxylation is 1. The number of nitrogens with zero attached hydrogens (tertiary/aromatic N) is 2. The van der Waals surface area contributed by atoms with Crippen LogP contribution >= 0.6 is 11.3 Å². The van der Waals surface area contributed by atoms with Crippen LogP contribution in [0.15, 0.2) is 70.2 Å². The van der Waals surface area contributed by atoms with E-state index in [4.69, 9.17) is 14.8 Å². The summed E-state index contributed by atoms with van der Waals surface area (Å²) in [6.07, 6.45) is 11.2. The standard InChI is InChI=1S/C31H35N3O3S/c1-22-19-25(13-10-23-11-14-26(15-12-23)37-17-5-9-31(35)36)32-27(22)21-28-24(7-4-16-34(2)3)20-29(33-28)30-8-6-18-38-30/h6,8,10-15,18-21,32H,4-5,7,9,16-17H2,1-3H3,(H,35,36)/b13-10+,28-21?. The summed E-state index contributed by atoms with van der Waals surface area (Å²) in [6.45, 7) is 3.56. The van der Waals surface area contributed by atoms with Crippen molar-refractivity contribution in [3.63, 3.8) is 0 Å². The smallest absolute Gasteiger partial charge is 0.303 e. The minimum atomic E-state index is -0.802. The molecule has 7 heteroatoms. The molecule has 198 valence electrons.